The van der Waals surface area contributed by atoms with Crippen LogP contribution in [0.4, 0.5) is 0 Å². The molecule has 0 amide bonds. The molecule has 0 unspecified atom stereocenters. The van der Waals surface area contributed by atoms with E-state index in [1.165, 1.54) is 0 Å². The summed E-state index contributed by atoms with van der Waals surface area (Å²) in [6.07, 6.45) is 1.62. The standard InChI is InChI=1S/C6H10ClN3O/c1-11-3-2-10-6(4-7)8-5-9-10/h5H,2-4H2,1H3/p+1. The fraction of sp³-hybridized carbons (Fsp3) is 0.667. The van der Waals surface area contributed by atoms with Crippen molar-refractivity contribution in [1.82, 2.24) is 10.1 Å². The number of halogens is 1. The van der Waals surface area contributed by atoms with Crippen LogP contribution in [-0.2, 0) is 17.2 Å². The summed E-state index contributed by atoms with van der Waals surface area (Å²) >= 11 is 5.61. The van der Waals surface area contributed by atoms with Crippen LogP contribution < -0.4 is 4.68 Å². The lowest BCUT2D eigenvalue weighted by molar-refractivity contribution is -0.758. The molecular formula is C6H11ClN3O+. The van der Waals surface area contributed by atoms with Gasteiger partial charge in [0.2, 0.25) is 6.33 Å². The Balaban J connectivity index is 2.54. The molecule has 0 aromatic carbocycles. The number of aromatic amines is 1. The van der Waals surface area contributed by atoms with Gasteiger partial charge in [-0.15, -0.1) is 11.6 Å². The summed E-state index contributed by atoms with van der Waals surface area (Å²) in [4.78, 5) is 4.01. The van der Waals surface area contributed by atoms with E-state index in [0.717, 1.165) is 12.4 Å². The maximum Gasteiger partial charge on any atom is 0.333 e. The second-order valence-electron chi connectivity index (χ2n) is 2.08. The molecule has 11 heavy (non-hydrogen) atoms. The third-order valence-corrected chi connectivity index (χ3v) is 1.62. The second kappa shape index (κ2) is 4.31. The lowest BCUT2D eigenvalue weighted by Gasteiger charge is -1.94. The molecule has 5 heteroatoms. The minimum absolute atomic E-state index is 0.424. The molecule has 1 N–H and O–H groups in total. The predicted octanol–water partition coefficient (Wildman–Crippen LogP) is 0.0824. The first-order chi connectivity index (χ1) is 5.38. The number of hydrogen-bond acceptors (Lipinski definition) is 2. The SMILES string of the molecule is COCC[n+]1[nH]cnc1CCl. The number of aromatic nitrogens is 3. The number of methoxy groups -OCH3 is 1. The average Bonchev–Trinajstić information content (AvgIpc) is 2.47. The Kier molecular flexibility index (Phi) is 3.32. The lowest BCUT2D eigenvalue weighted by atomic mass is 10.6. The second-order valence-corrected chi connectivity index (χ2v) is 2.35. The van der Waals surface area contributed by atoms with E-state index in [2.05, 4.69) is 10.1 Å². The first-order valence-electron chi connectivity index (χ1n) is 3.35. The summed E-state index contributed by atoms with van der Waals surface area (Å²) in [5.74, 6) is 1.26. The van der Waals surface area contributed by atoms with Crippen molar-refractivity contribution in [2.45, 2.75) is 12.4 Å². The number of alkyl halides is 1. The van der Waals surface area contributed by atoms with Crippen LogP contribution in [0.25, 0.3) is 0 Å². The Bertz CT molecular complexity index is 213. The van der Waals surface area contributed by atoms with Crippen molar-refractivity contribution in [1.29, 1.82) is 0 Å². The van der Waals surface area contributed by atoms with Crippen LogP contribution in [0.3, 0.4) is 0 Å². The summed E-state index contributed by atoms with van der Waals surface area (Å²) in [6.45, 7) is 1.43. The molecule has 4 nitrogen and oxygen atoms in total. The van der Waals surface area contributed by atoms with E-state index in [4.69, 9.17) is 16.3 Å². The van der Waals surface area contributed by atoms with Gasteiger partial charge in [-0.1, -0.05) is 0 Å². The molecule has 0 aliphatic carbocycles. The van der Waals surface area contributed by atoms with Gasteiger partial charge < -0.3 is 4.74 Å². The number of ether oxygens (including phenoxy) is 1. The molecule has 0 saturated carbocycles. The Labute approximate surface area is 70.1 Å². The Morgan fingerprint density at radius 2 is 2.64 bits per heavy atom. The molecule has 0 fully saturated rings. The Morgan fingerprint density at radius 3 is 3.27 bits per heavy atom. The number of rotatable bonds is 4. The largest absolute Gasteiger partial charge is 0.381 e. The van der Waals surface area contributed by atoms with Crippen LogP contribution >= 0.6 is 11.6 Å². The first kappa shape index (κ1) is 8.49. The third kappa shape index (κ3) is 2.17. The van der Waals surface area contributed by atoms with Gasteiger partial charge in [-0.3, -0.25) is 0 Å². The molecule has 0 aliphatic heterocycles. The Morgan fingerprint density at radius 1 is 1.82 bits per heavy atom. The van der Waals surface area contributed by atoms with Crippen LogP contribution in [0.15, 0.2) is 6.33 Å². The monoisotopic (exact) mass is 176 g/mol. The molecule has 1 heterocycles. The number of nitrogens with one attached hydrogen (secondary N) is 1. The molecule has 0 radical (unpaired) electrons. The lowest BCUT2D eigenvalue weighted by Crippen LogP contribution is -2.41. The van der Waals surface area contributed by atoms with Crippen molar-refractivity contribution in [3.05, 3.63) is 12.2 Å². The number of hydrogen-bond donors (Lipinski definition) is 1. The van der Waals surface area contributed by atoms with Crippen molar-refractivity contribution in [3.8, 4) is 0 Å². The zero-order chi connectivity index (χ0) is 8.10. The molecule has 0 bridgehead atoms. The zero-order valence-electron chi connectivity index (χ0n) is 6.38. The Hall–Kier alpha value is -0.610. The summed E-state index contributed by atoms with van der Waals surface area (Å²) < 4.78 is 6.76. The third-order valence-electron chi connectivity index (χ3n) is 1.38. The minimum Gasteiger partial charge on any atom is -0.381 e. The fourth-order valence-corrected chi connectivity index (χ4v) is 1.01. The predicted molar refractivity (Wildman–Crippen MR) is 40.2 cm³/mol. The zero-order valence-corrected chi connectivity index (χ0v) is 7.14. The topological polar surface area (TPSA) is 41.8 Å². The molecule has 62 valence electrons. The van der Waals surface area contributed by atoms with Gasteiger partial charge in [-0.2, -0.15) is 9.78 Å². The van der Waals surface area contributed by atoms with Crippen molar-refractivity contribution in [2.75, 3.05) is 13.7 Å². The van der Waals surface area contributed by atoms with E-state index in [1.807, 2.05) is 4.68 Å². The van der Waals surface area contributed by atoms with Gasteiger partial charge in [-0.25, -0.2) is 0 Å². The van der Waals surface area contributed by atoms with Crippen LogP contribution in [0.1, 0.15) is 5.82 Å². The fourth-order valence-electron chi connectivity index (χ4n) is 0.800. The summed E-state index contributed by atoms with van der Waals surface area (Å²) in [5, 5.41) is 2.93. The van der Waals surface area contributed by atoms with Gasteiger partial charge in [0.25, 0.3) is 0 Å². The van der Waals surface area contributed by atoms with Gasteiger partial charge in [-0.05, 0) is 4.98 Å². The van der Waals surface area contributed by atoms with Gasteiger partial charge in [0.1, 0.15) is 12.4 Å². The van der Waals surface area contributed by atoms with E-state index in [-0.39, 0.29) is 0 Å². The van der Waals surface area contributed by atoms with Gasteiger partial charge in [0.15, 0.2) is 0 Å². The highest BCUT2D eigenvalue weighted by Crippen LogP contribution is 1.89. The summed E-state index contributed by atoms with van der Waals surface area (Å²) in [7, 11) is 1.66. The van der Waals surface area contributed by atoms with E-state index in [0.29, 0.717) is 12.5 Å². The van der Waals surface area contributed by atoms with Crippen LogP contribution in [0.5, 0.6) is 0 Å². The highest BCUT2D eigenvalue weighted by Gasteiger charge is 2.10. The van der Waals surface area contributed by atoms with Crippen molar-refractivity contribution >= 4 is 11.6 Å². The van der Waals surface area contributed by atoms with E-state index in [1.54, 1.807) is 13.4 Å². The maximum absolute atomic E-state index is 5.61. The first-order valence-corrected chi connectivity index (χ1v) is 3.89. The van der Waals surface area contributed by atoms with Crippen LogP contribution in [0.2, 0.25) is 0 Å². The molecule has 0 atom stereocenters. The normalized spacial score (nSPS) is 10.4. The van der Waals surface area contributed by atoms with Gasteiger partial charge in [0.05, 0.1) is 6.61 Å². The van der Waals surface area contributed by atoms with E-state index in [9.17, 15) is 0 Å². The van der Waals surface area contributed by atoms with Gasteiger partial charge in [0, 0.05) is 7.11 Å². The average molecular weight is 177 g/mol. The summed E-state index contributed by atoms with van der Waals surface area (Å²) in [5.41, 5.74) is 0. The number of nitrogens with zero attached hydrogens (tertiary/aromatic N) is 2. The molecule has 0 aliphatic rings. The van der Waals surface area contributed by atoms with Gasteiger partial charge >= 0.3 is 5.82 Å². The molecule has 1 aromatic rings. The molecular weight excluding hydrogens is 166 g/mol. The maximum atomic E-state index is 5.61. The highest BCUT2D eigenvalue weighted by atomic mass is 35.5. The quantitative estimate of drug-likeness (QED) is 0.522. The number of H-pyrrole nitrogens is 1. The molecule has 1 aromatic heterocycles. The van der Waals surface area contributed by atoms with Crippen LogP contribution in [0, 0.1) is 0 Å². The smallest absolute Gasteiger partial charge is 0.333 e. The molecule has 0 saturated heterocycles. The minimum atomic E-state index is 0.424. The van der Waals surface area contributed by atoms with Crippen molar-refractivity contribution < 1.29 is 9.42 Å². The van der Waals surface area contributed by atoms with Crippen molar-refractivity contribution in [2.24, 2.45) is 0 Å². The van der Waals surface area contributed by atoms with E-state index < -0.39 is 0 Å². The van der Waals surface area contributed by atoms with E-state index >= 15 is 0 Å². The van der Waals surface area contributed by atoms with Crippen molar-refractivity contribution in [3.63, 3.8) is 0 Å². The summed E-state index contributed by atoms with van der Waals surface area (Å²) in [6, 6.07) is 0. The van der Waals surface area contributed by atoms with Crippen LogP contribution in [-0.4, -0.2) is 23.8 Å². The molecule has 1 rings (SSSR count). The molecule has 0 spiro atoms. The highest BCUT2D eigenvalue weighted by molar-refractivity contribution is 6.16.